The summed E-state index contributed by atoms with van der Waals surface area (Å²) >= 11 is 0. The highest BCUT2D eigenvalue weighted by Gasteiger charge is 2.24. The highest BCUT2D eigenvalue weighted by Crippen LogP contribution is 2.04. The van der Waals surface area contributed by atoms with Gasteiger partial charge >= 0.3 is 0 Å². The lowest BCUT2D eigenvalue weighted by atomic mass is 10.2. The predicted molar refractivity (Wildman–Crippen MR) is 47.3 cm³/mol. The van der Waals surface area contributed by atoms with Crippen molar-refractivity contribution in [2.75, 3.05) is 40.0 Å². The van der Waals surface area contributed by atoms with Crippen molar-refractivity contribution in [3.05, 3.63) is 0 Å². The summed E-state index contributed by atoms with van der Waals surface area (Å²) < 4.78 is 10.1. The minimum absolute atomic E-state index is 0.0155. The zero-order valence-electron chi connectivity index (χ0n) is 7.86. The van der Waals surface area contributed by atoms with Gasteiger partial charge in [0.05, 0.1) is 12.7 Å². The monoisotopic (exact) mass is 188 g/mol. The lowest BCUT2D eigenvalue weighted by Crippen LogP contribution is -2.50. The Bertz CT molecular complexity index is 175. The molecular formula is C8H16N2O3. The molecule has 0 unspecified atom stereocenters. The van der Waals surface area contributed by atoms with Crippen LogP contribution in [0, 0.1) is 0 Å². The van der Waals surface area contributed by atoms with E-state index in [1.165, 1.54) is 0 Å². The van der Waals surface area contributed by atoms with Crippen LogP contribution in [0.5, 0.6) is 0 Å². The van der Waals surface area contributed by atoms with Crippen LogP contribution in [0.2, 0.25) is 0 Å². The molecule has 0 spiro atoms. The highest BCUT2D eigenvalue weighted by molar-refractivity contribution is 5.78. The number of nitrogens with two attached hydrogens (primary N) is 1. The molecule has 2 N–H and O–H groups in total. The molecule has 1 atom stereocenters. The molecule has 1 aliphatic heterocycles. The number of carbonyl (C=O) groups is 1. The van der Waals surface area contributed by atoms with E-state index in [1.807, 2.05) is 0 Å². The number of hydrogen-bond donors (Lipinski definition) is 1. The molecule has 1 saturated heterocycles. The number of carbonyl (C=O) groups excluding carboxylic acids is 1. The quantitative estimate of drug-likeness (QED) is 0.603. The molecule has 5 nitrogen and oxygen atoms in total. The van der Waals surface area contributed by atoms with Gasteiger partial charge in [-0.2, -0.15) is 0 Å². The first-order chi connectivity index (χ1) is 6.27. The number of morpholine rings is 1. The molecule has 0 aliphatic carbocycles. The Morgan fingerprint density at radius 3 is 3.15 bits per heavy atom. The molecule has 0 aromatic rings. The Hall–Kier alpha value is -0.650. The van der Waals surface area contributed by atoms with Gasteiger partial charge in [-0.05, 0) is 0 Å². The van der Waals surface area contributed by atoms with E-state index in [0.29, 0.717) is 26.2 Å². The predicted octanol–water partition coefficient (Wildman–Crippen LogP) is -1.18. The Morgan fingerprint density at radius 1 is 1.77 bits per heavy atom. The van der Waals surface area contributed by atoms with Crippen molar-refractivity contribution in [3.8, 4) is 0 Å². The van der Waals surface area contributed by atoms with Crippen LogP contribution in [0.15, 0.2) is 0 Å². The summed E-state index contributed by atoms with van der Waals surface area (Å²) in [4.78, 5) is 13.0. The molecule has 1 heterocycles. The van der Waals surface area contributed by atoms with Gasteiger partial charge in [-0.15, -0.1) is 0 Å². The number of rotatable bonds is 4. The molecule has 0 radical (unpaired) electrons. The molecule has 0 saturated carbocycles. The van der Waals surface area contributed by atoms with Crippen molar-refractivity contribution in [1.82, 2.24) is 4.90 Å². The minimum Gasteiger partial charge on any atom is -0.383 e. The molecule has 1 amide bonds. The molecule has 5 heteroatoms. The first kappa shape index (κ1) is 10.4. The smallest absolute Gasteiger partial charge is 0.248 e. The normalized spacial score (nSPS) is 23.7. The Morgan fingerprint density at radius 2 is 2.54 bits per heavy atom. The maximum Gasteiger partial charge on any atom is 0.248 e. The third-order valence-corrected chi connectivity index (χ3v) is 2.05. The summed E-state index contributed by atoms with van der Waals surface area (Å²) in [5.74, 6) is 0.0155. The standard InChI is InChI=1S/C8H16N2O3/c1-12-3-2-10-5-7(4-9)13-6-8(10)11/h7H,2-6,9H2,1H3/t7-/m0/s1. The van der Waals surface area contributed by atoms with Gasteiger partial charge in [0.25, 0.3) is 0 Å². The second-order valence-corrected chi connectivity index (χ2v) is 3.00. The summed E-state index contributed by atoms with van der Waals surface area (Å²) in [6.07, 6.45) is -0.0189. The van der Waals surface area contributed by atoms with E-state index in [1.54, 1.807) is 12.0 Å². The Kier molecular flexibility index (Phi) is 4.14. The molecule has 0 aromatic carbocycles. The van der Waals surface area contributed by atoms with Crippen LogP contribution >= 0.6 is 0 Å². The van der Waals surface area contributed by atoms with Gasteiger partial charge < -0.3 is 20.1 Å². The molecule has 13 heavy (non-hydrogen) atoms. The van der Waals surface area contributed by atoms with Crippen LogP contribution in [0.1, 0.15) is 0 Å². The maximum atomic E-state index is 11.3. The first-order valence-electron chi connectivity index (χ1n) is 4.36. The Labute approximate surface area is 77.8 Å². The van der Waals surface area contributed by atoms with Gasteiger partial charge in [-0.25, -0.2) is 0 Å². The Balaban J connectivity index is 2.36. The van der Waals surface area contributed by atoms with Gasteiger partial charge in [0.2, 0.25) is 5.91 Å². The van der Waals surface area contributed by atoms with Crippen LogP contribution in [0.4, 0.5) is 0 Å². The zero-order valence-corrected chi connectivity index (χ0v) is 7.86. The number of amides is 1. The van der Waals surface area contributed by atoms with E-state index in [0.717, 1.165) is 0 Å². The molecule has 1 rings (SSSR count). The van der Waals surface area contributed by atoms with Crippen LogP contribution in [0.3, 0.4) is 0 Å². The fourth-order valence-corrected chi connectivity index (χ4v) is 1.24. The third kappa shape index (κ3) is 2.95. The first-order valence-corrected chi connectivity index (χ1v) is 4.36. The molecule has 1 fully saturated rings. The summed E-state index contributed by atoms with van der Waals surface area (Å²) in [5.41, 5.74) is 5.45. The lowest BCUT2D eigenvalue weighted by molar-refractivity contribution is -0.149. The lowest BCUT2D eigenvalue weighted by Gasteiger charge is -2.31. The largest absolute Gasteiger partial charge is 0.383 e. The van der Waals surface area contributed by atoms with E-state index in [-0.39, 0.29) is 18.6 Å². The fourth-order valence-electron chi connectivity index (χ4n) is 1.24. The van der Waals surface area contributed by atoms with Crippen LogP contribution in [-0.2, 0) is 14.3 Å². The molecule has 76 valence electrons. The van der Waals surface area contributed by atoms with E-state index in [9.17, 15) is 4.79 Å². The van der Waals surface area contributed by atoms with Gasteiger partial charge in [0.1, 0.15) is 6.61 Å². The fraction of sp³-hybridized carbons (Fsp3) is 0.875. The van der Waals surface area contributed by atoms with Crippen molar-refractivity contribution in [2.24, 2.45) is 5.73 Å². The second kappa shape index (κ2) is 5.16. The number of nitrogens with zero attached hydrogens (tertiary/aromatic N) is 1. The zero-order chi connectivity index (χ0) is 9.68. The second-order valence-electron chi connectivity index (χ2n) is 3.00. The summed E-state index contributed by atoms with van der Waals surface area (Å²) in [7, 11) is 1.62. The number of methoxy groups -OCH3 is 1. The van der Waals surface area contributed by atoms with Crippen LogP contribution in [0.25, 0.3) is 0 Å². The van der Waals surface area contributed by atoms with E-state index in [2.05, 4.69) is 0 Å². The van der Waals surface area contributed by atoms with E-state index < -0.39 is 0 Å². The molecule has 1 aliphatic rings. The van der Waals surface area contributed by atoms with Crippen LogP contribution in [-0.4, -0.2) is 56.9 Å². The van der Waals surface area contributed by atoms with Gasteiger partial charge in [0.15, 0.2) is 0 Å². The number of hydrogen-bond acceptors (Lipinski definition) is 4. The van der Waals surface area contributed by atoms with Crippen molar-refractivity contribution >= 4 is 5.91 Å². The van der Waals surface area contributed by atoms with Crippen molar-refractivity contribution in [1.29, 1.82) is 0 Å². The van der Waals surface area contributed by atoms with Crippen molar-refractivity contribution in [2.45, 2.75) is 6.10 Å². The summed E-state index contributed by atoms with van der Waals surface area (Å²) in [6.45, 7) is 2.36. The van der Waals surface area contributed by atoms with E-state index in [4.69, 9.17) is 15.2 Å². The molecule has 0 bridgehead atoms. The maximum absolute atomic E-state index is 11.3. The third-order valence-electron chi connectivity index (χ3n) is 2.05. The average Bonchev–Trinajstić information content (AvgIpc) is 2.17. The van der Waals surface area contributed by atoms with Gasteiger partial charge in [-0.1, -0.05) is 0 Å². The van der Waals surface area contributed by atoms with Crippen molar-refractivity contribution < 1.29 is 14.3 Å². The SMILES string of the molecule is COCCN1C[C@H](CN)OCC1=O. The number of ether oxygens (including phenoxy) is 2. The van der Waals surface area contributed by atoms with Crippen molar-refractivity contribution in [3.63, 3.8) is 0 Å². The topological polar surface area (TPSA) is 64.8 Å². The van der Waals surface area contributed by atoms with Crippen LogP contribution < -0.4 is 5.73 Å². The minimum atomic E-state index is -0.0189. The van der Waals surface area contributed by atoms with E-state index >= 15 is 0 Å². The molecular weight excluding hydrogens is 172 g/mol. The van der Waals surface area contributed by atoms with Gasteiger partial charge in [0, 0.05) is 26.7 Å². The van der Waals surface area contributed by atoms with Gasteiger partial charge in [-0.3, -0.25) is 4.79 Å². The summed E-state index contributed by atoms with van der Waals surface area (Å²) in [5, 5.41) is 0. The molecule has 0 aromatic heterocycles. The summed E-state index contributed by atoms with van der Waals surface area (Å²) in [6, 6.07) is 0. The average molecular weight is 188 g/mol. The highest BCUT2D eigenvalue weighted by atomic mass is 16.5.